The van der Waals surface area contributed by atoms with Crippen molar-refractivity contribution in [2.75, 3.05) is 58.4 Å². The molecule has 0 unspecified atom stereocenters. The molecule has 0 atom stereocenters. The number of fused-ring (bicyclic) bond motifs is 1. The highest BCUT2D eigenvalue weighted by molar-refractivity contribution is 5.86. The number of imidazole rings is 1. The van der Waals surface area contributed by atoms with Crippen molar-refractivity contribution < 1.29 is 4.74 Å². The van der Waals surface area contributed by atoms with Crippen LogP contribution in [-0.2, 0) is 11.3 Å². The molecule has 0 aliphatic carbocycles. The first-order chi connectivity index (χ1) is 13.7. The van der Waals surface area contributed by atoms with Gasteiger partial charge in [-0.15, -0.1) is 0 Å². The van der Waals surface area contributed by atoms with Gasteiger partial charge < -0.3 is 19.9 Å². The van der Waals surface area contributed by atoms with Gasteiger partial charge in [0.1, 0.15) is 11.8 Å². The smallest absolute Gasteiger partial charge is 0.237 e. The number of rotatable bonds is 7. The van der Waals surface area contributed by atoms with Gasteiger partial charge in [0.05, 0.1) is 24.4 Å². The Hall–Kier alpha value is -2.62. The fraction of sp³-hybridized carbons (Fsp3) is 0.474. The van der Waals surface area contributed by atoms with E-state index in [0.29, 0.717) is 19.2 Å². The summed E-state index contributed by atoms with van der Waals surface area (Å²) in [6.07, 6.45) is 5.28. The average Bonchev–Trinajstić information content (AvgIpc) is 3.26. The summed E-state index contributed by atoms with van der Waals surface area (Å²) in [4.78, 5) is 22.9. The molecule has 1 fully saturated rings. The van der Waals surface area contributed by atoms with Crippen LogP contribution in [0.1, 0.15) is 5.69 Å². The minimum atomic E-state index is 0.602. The number of aromatic nitrogens is 5. The van der Waals surface area contributed by atoms with Crippen LogP contribution in [0.5, 0.6) is 0 Å². The molecule has 9 heteroatoms. The lowest BCUT2D eigenvalue weighted by Crippen LogP contribution is -2.37. The molecule has 1 aliphatic heterocycles. The quantitative estimate of drug-likeness (QED) is 0.598. The van der Waals surface area contributed by atoms with Gasteiger partial charge in [0, 0.05) is 45.1 Å². The molecule has 4 heterocycles. The first kappa shape index (κ1) is 18.7. The topological polar surface area (TPSA) is 84.2 Å². The SMILES string of the molecule is CN(C)CCNCc1ccc2nc(-n3ccnc3)nc(N3CCOCC3)c2n1. The molecule has 28 heavy (non-hydrogen) atoms. The molecule has 9 nitrogen and oxygen atoms in total. The number of hydrogen-bond acceptors (Lipinski definition) is 8. The maximum atomic E-state index is 5.51. The lowest BCUT2D eigenvalue weighted by molar-refractivity contribution is 0.122. The summed E-state index contributed by atoms with van der Waals surface area (Å²) in [5.74, 6) is 1.46. The van der Waals surface area contributed by atoms with Crippen LogP contribution in [0.2, 0.25) is 0 Å². The van der Waals surface area contributed by atoms with Crippen molar-refractivity contribution in [3.63, 3.8) is 0 Å². The average molecular weight is 382 g/mol. The number of pyridine rings is 1. The summed E-state index contributed by atoms with van der Waals surface area (Å²) in [6.45, 7) is 5.60. The van der Waals surface area contributed by atoms with Crippen LogP contribution in [0.3, 0.4) is 0 Å². The van der Waals surface area contributed by atoms with Gasteiger partial charge in [0.2, 0.25) is 5.95 Å². The van der Waals surface area contributed by atoms with E-state index in [2.05, 4.69) is 34.2 Å². The van der Waals surface area contributed by atoms with Crippen molar-refractivity contribution in [3.8, 4) is 5.95 Å². The molecule has 0 spiro atoms. The number of ether oxygens (including phenoxy) is 1. The Morgan fingerprint density at radius 3 is 2.75 bits per heavy atom. The van der Waals surface area contributed by atoms with Gasteiger partial charge in [0.15, 0.2) is 5.82 Å². The lowest BCUT2D eigenvalue weighted by atomic mass is 10.2. The van der Waals surface area contributed by atoms with Gasteiger partial charge in [-0.05, 0) is 26.2 Å². The third-order valence-electron chi connectivity index (χ3n) is 4.66. The van der Waals surface area contributed by atoms with Gasteiger partial charge >= 0.3 is 0 Å². The second kappa shape index (κ2) is 8.59. The van der Waals surface area contributed by atoms with Crippen molar-refractivity contribution in [2.24, 2.45) is 0 Å². The fourth-order valence-corrected chi connectivity index (χ4v) is 3.13. The molecule has 3 aromatic rings. The summed E-state index contributed by atoms with van der Waals surface area (Å²) in [5, 5.41) is 3.44. The first-order valence-electron chi connectivity index (χ1n) is 9.55. The third-order valence-corrected chi connectivity index (χ3v) is 4.66. The van der Waals surface area contributed by atoms with Gasteiger partial charge in [0.25, 0.3) is 0 Å². The van der Waals surface area contributed by atoms with Gasteiger partial charge in [-0.25, -0.2) is 15.0 Å². The van der Waals surface area contributed by atoms with Crippen LogP contribution in [-0.4, -0.2) is 82.9 Å². The Morgan fingerprint density at radius 2 is 2.00 bits per heavy atom. The number of likely N-dealkylation sites (N-methyl/N-ethyl adjacent to an activating group) is 1. The highest BCUT2D eigenvalue weighted by Crippen LogP contribution is 2.24. The van der Waals surface area contributed by atoms with Crippen molar-refractivity contribution in [1.82, 2.24) is 34.7 Å². The monoisotopic (exact) mass is 382 g/mol. The zero-order valence-electron chi connectivity index (χ0n) is 16.4. The van der Waals surface area contributed by atoms with Crippen LogP contribution < -0.4 is 10.2 Å². The standard InChI is InChI=1S/C19H26N8O/c1-25(2)7-5-20-13-15-3-4-16-17(22-15)18(26-9-11-28-12-10-26)24-19(23-16)27-8-6-21-14-27/h3-4,6,8,14,20H,5,7,9-13H2,1-2H3. The van der Waals surface area contributed by atoms with Crippen molar-refractivity contribution >= 4 is 16.9 Å². The molecule has 0 amide bonds. The predicted octanol–water partition coefficient (Wildman–Crippen LogP) is 0.698. The molecule has 0 radical (unpaired) electrons. The van der Waals surface area contributed by atoms with Crippen LogP contribution >= 0.6 is 0 Å². The summed E-state index contributed by atoms with van der Waals surface area (Å²) < 4.78 is 7.33. The van der Waals surface area contributed by atoms with Gasteiger partial charge in [-0.1, -0.05) is 0 Å². The second-order valence-electron chi connectivity index (χ2n) is 7.07. The summed E-state index contributed by atoms with van der Waals surface area (Å²) in [5.41, 5.74) is 2.65. The molecule has 3 aromatic heterocycles. The van der Waals surface area contributed by atoms with Crippen LogP contribution in [0.25, 0.3) is 17.0 Å². The molecule has 148 valence electrons. The first-order valence-corrected chi connectivity index (χ1v) is 9.55. The lowest BCUT2D eigenvalue weighted by Gasteiger charge is -2.28. The van der Waals surface area contributed by atoms with Crippen molar-refractivity contribution in [2.45, 2.75) is 6.54 Å². The fourth-order valence-electron chi connectivity index (χ4n) is 3.13. The second-order valence-corrected chi connectivity index (χ2v) is 7.07. The minimum absolute atomic E-state index is 0.602. The molecular formula is C19H26N8O. The maximum Gasteiger partial charge on any atom is 0.237 e. The van der Waals surface area contributed by atoms with E-state index in [1.165, 1.54) is 0 Å². The Morgan fingerprint density at radius 1 is 1.14 bits per heavy atom. The minimum Gasteiger partial charge on any atom is -0.378 e. The highest BCUT2D eigenvalue weighted by atomic mass is 16.5. The largest absolute Gasteiger partial charge is 0.378 e. The van der Waals surface area contributed by atoms with E-state index in [1.807, 2.05) is 22.9 Å². The normalized spacial score (nSPS) is 14.9. The van der Waals surface area contributed by atoms with Crippen molar-refractivity contribution in [3.05, 3.63) is 36.5 Å². The van der Waals surface area contributed by atoms with Gasteiger partial charge in [-0.2, -0.15) is 4.98 Å². The third kappa shape index (κ3) is 4.27. The van der Waals surface area contributed by atoms with E-state index in [0.717, 1.165) is 55.3 Å². The number of morpholine rings is 1. The zero-order valence-corrected chi connectivity index (χ0v) is 16.4. The Labute approximate surface area is 164 Å². The molecule has 1 saturated heterocycles. The summed E-state index contributed by atoms with van der Waals surface area (Å²) in [6, 6.07) is 4.05. The van der Waals surface area contributed by atoms with E-state index in [4.69, 9.17) is 19.7 Å². The molecule has 0 aromatic carbocycles. The van der Waals surface area contributed by atoms with E-state index >= 15 is 0 Å². The molecular weight excluding hydrogens is 356 g/mol. The summed E-state index contributed by atoms with van der Waals surface area (Å²) in [7, 11) is 4.14. The van der Waals surface area contributed by atoms with Crippen LogP contribution in [0, 0.1) is 0 Å². The van der Waals surface area contributed by atoms with Crippen LogP contribution in [0.15, 0.2) is 30.9 Å². The zero-order chi connectivity index (χ0) is 19.3. The molecule has 0 saturated carbocycles. The van der Waals surface area contributed by atoms with E-state index in [9.17, 15) is 0 Å². The maximum absolute atomic E-state index is 5.51. The van der Waals surface area contributed by atoms with Crippen LogP contribution in [0.4, 0.5) is 5.82 Å². The predicted molar refractivity (Wildman–Crippen MR) is 108 cm³/mol. The van der Waals surface area contributed by atoms with E-state index < -0.39 is 0 Å². The molecule has 1 N–H and O–H groups in total. The van der Waals surface area contributed by atoms with E-state index in [-0.39, 0.29) is 0 Å². The number of anilines is 1. The Balaban J connectivity index is 1.67. The molecule has 4 rings (SSSR count). The van der Waals surface area contributed by atoms with Gasteiger partial charge in [-0.3, -0.25) is 4.57 Å². The molecule has 0 bridgehead atoms. The molecule has 1 aliphatic rings. The highest BCUT2D eigenvalue weighted by Gasteiger charge is 2.19. The number of hydrogen-bond donors (Lipinski definition) is 1. The Bertz CT molecular complexity index is 906. The number of nitrogens with one attached hydrogen (secondary N) is 1. The summed E-state index contributed by atoms with van der Waals surface area (Å²) >= 11 is 0. The van der Waals surface area contributed by atoms with Crippen molar-refractivity contribution in [1.29, 1.82) is 0 Å². The Kier molecular flexibility index (Phi) is 5.75. The number of nitrogens with zero attached hydrogens (tertiary/aromatic N) is 7. The van der Waals surface area contributed by atoms with E-state index in [1.54, 1.807) is 12.5 Å².